The average Bonchev–Trinajstić information content (AvgIpc) is 3.64. The highest BCUT2D eigenvalue weighted by molar-refractivity contribution is 7.16. The van der Waals surface area contributed by atoms with Gasteiger partial charge in [0.2, 0.25) is 0 Å². The Balaban J connectivity index is 1.02. The van der Waals surface area contributed by atoms with Crippen LogP contribution in [0.5, 0.6) is 0 Å². The van der Waals surface area contributed by atoms with Gasteiger partial charge in [-0.2, -0.15) is 5.10 Å². The number of anilines is 1. The van der Waals surface area contributed by atoms with Gasteiger partial charge in [0.25, 0.3) is 11.8 Å². The molecule has 5 aromatic rings. The standard InChI is InChI=1S/C30H26FN5O2S/c31-24-8-3-21(4-9-24)15-20-1-5-22(6-2-20)29(37)34-25-17-33-36(18-25)26-11-13-35(14-12-26)30(38)23-7-10-28-27(16-23)32-19-39-28/h1-10,16-19,26H,11-15H2,(H,34,37). The Morgan fingerprint density at radius 2 is 1.64 bits per heavy atom. The van der Waals surface area contributed by atoms with Crippen molar-refractivity contribution in [1.82, 2.24) is 19.7 Å². The second kappa shape index (κ2) is 10.8. The molecule has 1 saturated heterocycles. The lowest BCUT2D eigenvalue weighted by atomic mass is 10.0. The summed E-state index contributed by atoms with van der Waals surface area (Å²) in [7, 11) is 0. The fraction of sp³-hybridized carbons (Fsp3) is 0.200. The quantitative estimate of drug-likeness (QED) is 0.289. The predicted octanol–water partition coefficient (Wildman–Crippen LogP) is 5.95. The molecule has 39 heavy (non-hydrogen) atoms. The second-order valence-corrected chi connectivity index (χ2v) is 10.6. The minimum atomic E-state index is -0.254. The van der Waals surface area contributed by atoms with Crippen LogP contribution >= 0.6 is 11.3 Å². The molecule has 7 nitrogen and oxygen atoms in total. The monoisotopic (exact) mass is 539 g/mol. The van der Waals surface area contributed by atoms with Crippen LogP contribution in [0.1, 0.15) is 50.7 Å². The first-order valence-corrected chi connectivity index (χ1v) is 13.7. The highest BCUT2D eigenvalue weighted by Gasteiger charge is 2.25. The first-order valence-electron chi connectivity index (χ1n) is 12.8. The Kier molecular flexibility index (Phi) is 6.89. The van der Waals surface area contributed by atoms with Gasteiger partial charge in [0, 0.05) is 30.4 Å². The first-order chi connectivity index (χ1) is 19.0. The van der Waals surface area contributed by atoms with Crippen LogP contribution in [0, 0.1) is 5.82 Å². The van der Waals surface area contributed by atoms with Crippen LogP contribution in [-0.4, -0.2) is 44.6 Å². The molecule has 1 N–H and O–H groups in total. The highest BCUT2D eigenvalue weighted by atomic mass is 32.1. The van der Waals surface area contributed by atoms with E-state index in [1.54, 1.807) is 47.3 Å². The summed E-state index contributed by atoms with van der Waals surface area (Å²) in [5, 5.41) is 7.40. The number of piperidine rings is 1. The van der Waals surface area contributed by atoms with Crippen LogP contribution in [0.4, 0.5) is 10.1 Å². The van der Waals surface area contributed by atoms with Crippen molar-refractivity contribution in [1.29, 1.82) is 0 Å². The van der Waals surface area contributed by atoms with Crippen molar-refractivity contribution in [3.8, 4) is 0 Å². The van der Waals surface area contributed by atoms with Crippen molar-refractivity contribution in [3.63, 3.8) is 0 Å². The number of benzene rings is 3. The molecule has 2 aromatic heterocycles. The third kappa shape index (κ3) is 5.58. The van der Waals surface area contributed by atoms with E-state index in [0.717, 1.165) is 34.2 Å². The molecule has 6 rings (SSSR count). The number of thiazole rings is 1. The molecule has 0 spiro atoms. The van der Waals surface area contributed by atoms with E-state index in [2.05, 4.69) is 15.4 Å². The molecule has 1 aliphatic rings. The fourth-order valence-electron chi connectivity index (χ4n) is 4.92. The molecule has 0 radical (unpaired) electrons. The summed E-state index contributed by atoms with van der Waals surface area (Å²) in [6.07, 6.45) is 5.74. The summed E-state index contributed by atoms with van der Waals surface area (Å²) in [6.45, 7) is 1.29. The molecule has 196 valence electrons. The predicted molar refractivity (Wildman–Crippen MR) is 150 cm³/mol. The Morgan fingerprint density at radius 3 is 2.38 bits per heavy atom. The molecule has 3 aromatic carbocycles. The average molecular weight is 540 g/mol. The van der Waals surface area contributed by atoms with Gasteiger partial charge >= 0.3 is 0 Å². The zero-order chi connectivity index (χ0) is 26.8. The van der Waals surface area contributed by atoms with Crippen molar-refractivity contribution in [3.05, 3.63) is 113 Å². The third-order valence-electron chi connectivity index (χ3n) is 7.10. The number of likely N-dealkylation sites (tertiary alicyclic amines) is 1. The van der Waals surface area contributed by atoms with Gasteiger partial charge in [-0.25, -0.2) is 9.37 Å². The molecular formula is C30H26FN5O2S. The number of aromatic nitrogens is 3. The van der Waals surface area contributed by atoms with Crippen LogP contribution in [0.25, 0.3) is 10.2 Å². The third-order valence-corrected chi connectivity index (χ3v) is 7.91. The van der Waals surface area contributed by atoms with Gasteiger partial charge in [0.05, 0.1) is 33.7 Å². The van der Waals surface area contributed by atoms with E-state index < -0.39 is 0 Å². The molecule has 0 unspecified atom stereocenters. The van der Waals surface area contributed by atoms with Crippen molar-refractivity contribution in [2.45, 2.75) is 25.3 Å². The van der Waals surface area contributed by atoms with Crippen molar-refractivity contribution in [2.24, 2.45) is 0 Å². The fourth-order valence-corrected chi connectivity index (χ4v) is 5.58. The van der Waals surface area contributed by atoms with Gasteiger partial charge in [-0.1, -0.05) is 24.3 Å². The Bertz CT molecular complexity index is 1620. The van der Waals surface area contributed by atoms with Gasteiger partial charge < -0.3 is 10.2 Å². The molecule has 0 bridgehead atoms. The summed E-state index contributed by atoms with van der Waals surface area (Å²) in [6, 6.07) is 19.7. The van der Waals surface area contributed by atoms with Crippen LogP contribution < -0.4 is 5.32 Å². The van der Waals surface area contributed by atoms with E-state index in [4.69, 9.17) is 0 Å². The van der Waals surface area contributed by atoms with Gasteiger partial charge in [0.15, 0.2) is 0 Å². The Morgan fingerprint density at radius 1 is 0.949 bits per heavy atom. The number of fused-ring (bicyclic) bond motifs is 1. The van der Waals surface area contributed by atoms with Crippen LogP contribution in [0.3, 0.4) is 0 Å². The van der Waals surface area contributed by atoms with Gasteiger partial charge in [-0.3, -0.25) is 14.3 Å². The number of hydrogen-bond donors (Lipinski definition) is 1. The lowest BCUT2D eigenvalue weighted by Gasteiger charge is -2.32. The molecule has 0 atom stereocenters. The second-order valence-electron chi connectivity index (χ2n) is 9.72. The molecule has 3 heterocycles. The molecule has 1 aliphatic heterocycles. The zero-order valence-corrected chi connectivity index (χ0v) is 21.9. The summed E-state index contributed by atoms with van der Waals surface area (Å²) in [4.78, 5) is 32.0. The van der Waals surface area contributed by atoms with E-state index in [1.165, 1.54) is 12.1 Å². The van der Waals surface area contributed by atoms with E-state index in [1.807, 2.05) is 46.1 Å². The van der Waals surface area contributed by atoms with Crippen LogP contribution in [0.15, 0.2) is 84.6 Å². The van der Waals surface area contributed by atoms with E-state index in [0.29, 0.717) is 36.3 Å². The summed E-state index contributed by atoms with van der Waals surface area (Å²) in [5.41, 5.74) is 6.54. The number of carbonyl (C=O) groups is 2. The minimum Gasteiger partial charge on any atom is -0.338 e. The number of halogens is 1. The largest absolute Gasteiger partial charge is 0.338 e. The number of hydrogen-bond acceptors (Lipinski definition) is 5. The van der Waals surface area contributed by atoms with E-state index >= 15 is 0 Å². The SMILES string of the molecule is O=C(Nc1cnn(C2CCN(C(=O)c3ccc4scnc4c3)CC2)c1)c1ccc(Cc2ccc(F)cc2)cc1. The lowest BCUT2D eigenvalue weighted by molar-refractivity contribution is 0.0690. The number of carbonyl (C=O) groups excluding carboxylic acids is 2. The maximum Gasteiger partial charge on any atom is 0.255 e. The Labute approximate surface area is 228 Å². The summed E-state index contributed by atoms with van der Waals surface area (Å²) >= 11 is 1.56. The highest BCUT2D eigenvalue weighted by Crippen LogP contribution is 2.26. The van der Waals surface area contributed by atoms with E-state index in [-0.39, 0.29) is 23.7 Å². The molecule has 0 aliphatic carbocycles. The van der Waals surface area contributed by atoms with Crippen molar-refractivity contribution < 1.29 is 14.0 Å². The lowest BCUT2D eigenvalue weighted by Crippen LogP contribution is -2.39. The van der Waals surface area contributed by atoms with Gasteiger partial charge in [-0.05, 0) is 72.9 Å². The number of rotatable bonds is 6. The van der Waals surface area contributed by atoms with Crippen LogP contribution in [-0.2, 0) is 6.42 Å². The van der Waals surface area contributed by atoms with Crippen molar-refractivity contribution in [2.75, 3.05) is 18.4 Å². The maximum absolute atomic E-state index is 13.1. The minimum absolute atomic E-state index is 0.0282. The van der Waals surface area contributed by atoms with Crippen molar-refractivity contribution >= 4 is 39.1 Å². The summed E-state index contributed by atoms with van der Waals surface area (Å²) < 4.78 is 16.1. The molecule has 0 saturated carbocycles. The Hall–Kier alpha value is -4.37. The van der Waals surface area contributed by atoms with E-state index in [9.17, 15) is 14.0 Å². The number of amides is 2. The molecule has 9 heteroatoms. The molecular weight excluding hydrogens is 513 g/mol. The smallest absolute Gasteiger partial charge is 0.255 e. The number of nitrogens with one attached hydrogen (secondary N) is 1. The van der Waals surface area contributed by atoms with Gasteiger partial charge in [0.1, 0.15) is 5.82 Å². The normalized spacial score (nSPS) is 14.0. The zero-order valence-electron chi connectivity index (χ0n) is 21.1. The number of nitrogens with zero attached hydrogens (tertiary/aromatic N) is 4. The topological polar surface area (TPSA) is 80.1 Å². The maximum atomic E-state index is 13.1. The van der Waals surface area contributed by atoms with Crippen LogP contribution in [0.2, 0.25) is 0 Å². The summed E-state index contributed by atoms with van der Waals surface area (Å²) in [5.74, 6) is -0.434. The molecule has 1 fully saturated rings. The molecule has 2 amide bonds. The first kappa shape index (κ1) is 24.9. The van der Waals surface area contributed by atoms with Gasteiger partial charge in [-0.15, -0.1) is 11.3 Å².